The molecule has 0 aromatic carbocycles. The Kier molecular flexibility index (Phi) is 5.45. The van der Waals surface area contributed by atoms with Crippen LogP contribution in [0.25, 0.3) is 0 Å². The molecule has 2 rings (SSSR count). The summed E-state index contributed by atoms with van der Waals surface area (Å²) < 4.78 is 0. The zero-order valence-electron chi connectivity index (χ0n) is 11.7. The Balaban J connectivity index is 1.72. The van der Waals surface area contributed by atoms with E-state index in [1.165, 1.54) is 25.7 Å². The molecule has 4 nitrogen and oxygen atoms in total. The highest BCUT2D eigenvalue weighted by atomic mass is 16.2. The van der Waals surface area contributed by atoms with Crippen LogP contribution >= 0.6 is 0 Å². The van der Waals surface area contributed by atoms with Gasteiger partial charge in [0.25, 0.3) is 0 Å². The molecule has 2 aliphatic rings. The highest BCUT2D eigenvalue weighted by Gasteiger charge is 2.23. The summed E-state index contributed by atoms with van der Waals surface area (Å²) >= 11 is 0. The molecule has 1 aliphatic carbocycles. The fraction of sp³-hybridized carbons (Fsp3) is 0.929. The number of amides is 1. The lowest BCUT2D eigenvalue weighted by atomic mass is 10.2. The molecule has 0 radical (unpaired) electrons. The second-order valence-corrected chi connectivity index (χ2v) is 5.45. The average molecular weight is 253 g/mol. The van der Waals surface area contributed by atoms with Gasteiger partial charge in [0.1, 0.15) is 0 Å². The Bertz CT molecular complexity index is 258. The zero-order chi connectivity index (χ0) is 12.8. The number of nitrogens with one attached hydrogen (secondary N) is 1. The summed E-state index contributed by atoms with van der Waals surface area (Å²) in [6, 6.07) is 0.742. The van der Waals surface area contributed by atoms with E-state index in [9.17, 15) is 4.79 Å². The van der Waals surface area contributed by atoms with Gasteiger partial charge in [-0.3, -0.25) is 4.79 Å². The van der Waals surface area contributed by atoms with Gasteiger partial charge in [-0.2, -0.15) is 0 Å². The predicted octanol–water partition coefficient (Wildman–Crippen LogP) is 1.07. The largest absolute Gasteiger partial charge is 0.340 e. The van der Waals surface area contributed by atoms with Crippen LogP contribution in [0.15, 0.2) is 0 Å². The SMILES string of the molecule is CCN(CCC(=O)N1CCNCC1)C1CCCC1. The van der Waals surface area contributed by atoms with Gasteiger partial charge in [-0.15, -0.1) is 0 Å². The van der Waals surface area contributed by atoms with E-state index in [0.717, 1.165) is 45.3 Å². The Hall–Kier alpha value is -0.610. The number of nitrogens with zero attached hydrogens (tertiary/aromatic N) is 2. The van der Waals surface area contributed by atoms with E-state index in [4.69, 9.17) is 0 Å². The van der Waals surface area contributed by atoms with Gasteiger partial charge in [-0.1, -0.05) is 19.8 Å². The van der Waals surface area contributed by atoms with Crippen LogP contribution in [0.1, 0.15) is 39.0 Å². The minimum absolute atomic E-state index is 0.341. The second-order valence-electron chi connectivity index (χ2n) is 5.45. The molecular formula is C14H27N3O. The van der Waals surface area contributed by atoms with Gasteiger partial charge < -0.3 is 15.1 Å². The van der Waals surface area contributed by atoms with Crippen molar-refractivity contribution >= 4 is 5.91 Å². The summed E-state index contributed by atoms with van der Waals surface area (Å²) in [5.74, 6) is 0.341. The Morgan fingerprint density at radius 2 is 1.94 bits per heavy atom. The van der Waals surface area contributed by atoms with Gasteiger partial charge in [-0.25, -0.2) is 0 Å². The van der Waals surface area contributed by atoms with E-state index in [-0.39, 0.29) is 0 Å². The molecule has 1 N–H and O–H groups in total. The molecule has 1 saturated carbocycles. The second kappa shape index (κ2) is 7.10. The molecule has 2 fully saturated rings. The van der Waals surface area contributed by atoms with Crippen LogP contribution in [0.5, 0.6) is 0 Å². The van der Waals surface area contributed by atoms with Crippen LogP contribution in [0.4, 0.5) is 0 Å². The molecule has 1 saturated heterocycles. The number of hydrogen-bond acceptors (Lipinski definition) is 3. The summed E-state index contributed by atoms with van der Waals surface area (Å²) in [5, 5.41) is 3.29. The summed E-state index contributed by atoms with van der Waals surface area (Å²) in [6.45, 7) is 7.91. The van der Waals surface area contributed by atoms with Gasteiger partial charge in [0.15, 0.2) is 0 Å². The molecule has 0 atom stereocenters. The molecule has 104 valence electrons. The van der Waals surface area contributed by atoms with Crippen molar-refractivity contribution in [2.75, 3.05) is 39.3 Å². The van der Waals surface area contributed by atoms with Crippen molar-refractivity contribution in [3.05, 3.63) is 0 Å². The molecule has 1 heterocycles. The monoisotopic (exact) mass is 253 g/mol. The van der Waals surface area contributed by atoms with Gasteiger partial charge in [-0.05, 0) is 19.4 Å². The Morgan fingerprint density at radius 1 is 1.28 bits per heavy atom. The molecule has 0 aromatic rings. The molecule has 18 heavy (non-hydrogen) atoms. The number of piperazine rings is 1. The maximum absolute atomic E-state index is 12.1. The quantitative estimate of drug-likeness (QED) is 0.796. The number of carbonyl (C=O) groups excluding carboxylic acids is 1. The zero-order valence-corrected chi connectivity index (χ0v) is 11.7. The van der Waals surface area contributed by atoms with Crippen molar-refractivity contribution in [2.24, 2.45) is 0 Å². The van der Waals surface area contributed by atoms with Gasteiger partial charge in [0, 0.05) is 45.2 Å². The summed E-state index contributed by atoms with van der Waals surface area (Å²) in [7, 11) is 0. The molecular weight excluding hydrogens is 226 g/mol. The molecule has 0 aromatic heterocycles. The van der Waals surface area contributed by atoms with E-state index in [0.29, 0.717) is 12.3 Å². The van der Waals surface area contributed by atoms with Crippen LogP contribution in [-0.4, -0.2) is 61.0 Å². The number of carbonyl (C=O) groups is 1. The van der Waals surface area contributed by atoms with Gasteiger partial charge >= 0.3 is 0 Å². The van der Waals surface area contributed by atoms with E-state index in [2.05, 4.69) is 17.1 Å². The van der Waals surface area contributed by atoms with E-state index in [1.54, 1.807) is 0 Å². The van der Waals surface area contributed by atoms with E-state index >= 15 is 0 Å². The predicted molar refractivity (Wildman–Crippen MR) is 73.6 cm³/mol. The summed E-state index contributed by atoms with van der Waals surface area (Å²) in [6.07, 6.45) is 6.09. The summed E-state index contributed by atoms with van der Waals surface area (Å²) in [5.41, 5.74) is 0. The van der Waals surface area contributed by atoms with Crippen molar-refractivity contribution in [1.82, 2.24) is 15.1 Å². The third-order valence-corrected chi connectivity index (χ3v) is 4.33. The van der Waals surface area contributed by atoms with Crippen LogP contribution < -0.4 is 5.32 Å². The maximum Gasteiger partial charge on any atom is 0.223 e. The lowest BCUT2D eigenvalue weighted by molar-refractivity contribution is -0.132. The number of rotatable bonds is 5. The third-order valence-electron chi connectivity index (χ3n) is 4.33. The minimum Gasteiger partial charge on any atom is -0.340 e. The summed E-state index contributed by atoms with van der Waals surface area (Å²) in [4.78, 5) is 16.6. The smallest absolute Gasteiger partial charge is 0.223 e. The fourth-order valence-corrected chi connectivity index (χ4v) is 3.18. The van der Waals surface area contributed by atoms with Crippen LogP contribution in [0, 0.1) is 0 Å². The molecule has 0 unspecified atom stereocenters. The van der Waals surface area contributed by atoms with Crippen LogP contribution in [0.2, 0.25) is 0 Å². The van der Waals surface area contributed by atoms with Gasteiger partial charge in [0.05, 0.1) is 0 Å². The van der Waals surface area contributed by atoms with Crippen molar-refractivity contribution in [3.8, 4) is 0 Å². The Labute approximate surface area is 111 Å². The van der Waals surface area contributed by atoms with E-state index < -0.39 is 0 Å². The first-order valence-electron chi connectivity index (χ1n) is 7.54. The van der Waals surface area contributed by atoms with Crippen molar-refractivity contribution in [1.29, 1.82) is 0 Å². The number of hydrogen-bond donors (Lipinski definition) is 1. The van der Waals surface area contributed by atoms with Crippen molar-refractivity contribution in [2.45, 2.75) is 45.1 Å². The molecule has 1 amide bonds. The van der Waals surface area contributed by atoms with Crippen molar-refractivity contribution in [3.63, 3.8) is 0 Å². The molecule has 1 aliphatic heterocycles. The molecule has 0 spiro atoms. The lowest BCUT2D eigenvalue weighted by Gasteiger charge is -2.30. The molecule has 0 bridgehead atoms. The van der Waals surface area contributed by atoms with Crippen LogP contribution in [-0.2, 0) is 4.79 Å². The minimum atomic E-state index is 0.341. The maximum atomic E-state index is 12.1. The lowest BCUT2D eigenvalue weighted by Crippen LogP contribution is -2.47. The average Bonchev–Trinajstić information content (AvgIpc) is 2.94. The first kappa shape index (κ1) is 13.8. The van der Waals surface area contributed by atoms with E-state index in [1.807, 2.05) is 4.90 Å². The fourth-order valence-electron chi connectivity index (χ4n) is 3.18. The van der Waals surface area contributed by atoms with Gasteiger partial charge in [0.2, 0.25) is 5.91 Å². The van der Waals surface area contributed by atoms with Crippen molar-refractivity contribution < 1.29 is 4.79 Å². The highest BCUT2D eigenvalue weighted by molar-refractivity contribution is 5.76. The first-order valence-corrected chi connectivity index (χ1v) is 7.54. The Morgan fingerprint density at radius 3 is 2.56 bits per heavy atom. The highest BCUT2D eigenvalue weighted by Crippen LogP contribution is 2.23. The topological polar surface area (TPSA) is 35.6 Å². The first-order chi connectivity index (χ1) is 8.81. The normalized spacial score (nSPS) is 21.8. The van der Waals surface area contributed by atoms with Crippen LogP contribution in [0.3, 0.4) is 0 Å². The standard InChI is InChI=1S/C14H27N3O/c1-2-16(13-5-3-4-6-13)10-7-14(18)17-11-8-15-9-12-17/h13,15H,2-12H2,1H3. The third kappa shape index (κ3) is 3.69. The molecule has 4 heteroatoms.